The Morgan fingerprint density at radius 3 is 2.50 bits per heavy atom. The second-order valence-electron chi connectivity index (χ2n) is 3.88. The van der Waals surface area contributed by atoms with Gasteiger partial charge in [0.2, 0.25) is 0 Å². The maximum atomic E-state index is 13.9. The lowest BCUT2D eigenvalue weighted by Crippen LogP contribution is -2.15. The van der Waals surface area contributed by atoms with Crippen LogP contribution in [-0.2, 0) is 0 Å². The monoisotopic (exact) mass is 313 g/mol. The molecule has 2 N–H and O–H groups in total. The maximum Gasteiger partial charge on any atom is 0.258 e. The Bertz CT molecular complexity index is 644. The molecule has 2 rings (SSSR count). The highest BCUT2D eigenvalue weighted by Gasteiger charge is 2.15. The van der Waals surface area contributed by atoms with Crippen molar-refractivity contribution in [2.75, 3.05) is 17.7 Å². The zero-order valence-corrected chi connectivity index (χ0v) is 11.9. The van der Waals surface area contributed by atoms with Crippen LogP contribution >= 0.6 is 23.2 Å². The maximum absolute atomic E-state index is 13.9. The van der Waals surface area contributed by atoms with E-state index in [4.69, 9.17) is 23.2 Å². The first-order chi connectivity index (χ1) is 9.51. The molecule has 1 aromatic heterocycles. The van der Waals surface area contributed by atoms with E-state index < -0.39 is 11.7 Å². The summed E-state index contributed by atoms with van der Waals surface area (Å²) in [5, 5.41) is 5.84. The van der Waals surface area contributed by atoms with Crippen molar-refractivity contribution in [2.45, 2.75) is 0 Å². The van der Waals surface area contributed by atoms with Crippen LogP contribution in [0.4, 0.5) is 15.9 Å². The van der Waals surface area contributed by atoms with Gasteiger partial charge in [0.15, 0.2) is 11.6 Å². The van der Waals surface area contributed by atoms with Gasteiger partial charge >= 0.3 is 0 Å². The van der Waals surface area contributed by atoms with E-state index >= 15 is 0 Å². The molecule has 0 atom stereocenters. The lowest BCUT2D eigenvalue weighted by Gasteiger charge is -2.09. The quantitative estimate of drug-likeness (QED) is 0.905. The molecule has 0 fully saturated rings. The van der Waals surface area contributed by atoms with Crippen molar-refractivity contribution in [2.24, 2.45) is 0 Å². The summed E-state index contributed by atoms with van der Waals surface area (Å²) in [6.07, 6.45) is 1.34. The number of benzene rings is 1. The van der Waals surface area contributed by atoms with Crippen LogP contribution in [0.15, 0.2) is 30.5 Å². The minimum absolute atomic E-state index is 0.00164. The third-order valence-electron chi connectivity index (χ3n) is 2.49. The van der Waals surface area contributed by atoms with Gasteiger partial charge in [0.05, 0.1) is 5.56 Å². The zero-order chi connectivity index (χ0) is 14.7. The molecule has 20 heavy (non-hydrogen) atoms. The van der Waals surface area contributed by atoms with Gasteiger partial charge in [0, 0.05) is 29.0 Å². The minimum Gasteiger partial charge on any atom is -0.371 e. The summed E-state index contributed by atoms with van der Waals surface area (Å²) in [4.78, 5) is 15.8. The Morgan fingerprint density at radius 1 is 1.25 bits per heavy atom. The molecule has 1 heterocycles. The molecule has 104 valence electrons. The predicted molar refractivity (Wildman–Crippen MR) is 78.2 cm³/mol. The van der Waals surface area contributed by atoms with E-state index in [-0.39, 0.29) is 11.4 Å². The molecule has 0 saturated carbocycles. The van der Waals surface area contributed by atoms with Gasteiger partial charge in [-0.1, -0.05) is 23.2 Å². The Morgan fingerprint density at radius 2 is 1.90 bits per heavy atom. The summed E-state index contributed by atoms with van der Waals surface area (Å²) in [6, 6.07) is 5.86. The van der Waals surface area contributed by atoms with Crippen molar-refractivity contribution in [3.05, 3.63) is 51.9 Å². The highest BCUT2D eigenvalue weighted by atomic mass is 35.5. The molecule has 0 spiro atoms. The van der Waals surface area contributed by atoms with Gasteiger partial charge in [0.25, 0.3) is 5.91 Å². The van der Waals surface area contributed by atoms with E-state index in [1.807, 2.05) is 0 Å². The Hall–Kier alpha value is -1.85. The van der Waals surface area contributed by atoms with Crippen LogP contribution in [0.2, 0.25) is 10.0 Å². The summed E-state index contributed by atoms with van der Waals surface area (Å²) in [7, 11) is 1.52. The topological polar surface area (TPSA) is 54.0 Å². The number of carbonyl (C=O) groups excluding carboxylic acids is 1. The van der Waals surface area contributed by atoms with Crippen LogP contribution in [0, 0.1) is 5.82 Å². The normalized spacial score (nSPS) is 10.2. The molecule has 0 aliphatic heterocycles. The fraction of sp³-hybridized carbons (Fsp3) is 0.0769. The van der Waals surface area contributed by atoms with Gasteiger partial charge in [-0.05, 0) is 24.3 Å². The number of hydrogen-bond acceptors (Lipinski definition) is 3. The molecular formula is C13H10Cl2FN3O. The van der Waals surface area contributed by atoms with E-state index in [0.29, 0.717) is 15.7 Å². The highest BCUT2D eigenvalue weighted by molar-refractivity contribution is 6.35. The van der Waals surface area contributed by atoms with Crippen LogP contribution in [0.5, 0.6) is 0 Å². The number of pyridine rings is 1. The molecule has 0 bridgehead atoms. The van der Waals surface area contributed by atoms with Crippen LogP contribution in [-0.4, -0.2) is 17.9 Å². The van der Waals surface area contributed by atoms with E-state index in [0.717, 1.165) is 0 Å². The Balaban J connectivity index is 2.28. The number of amides is 1. The van der Waals surface area contributed by atoms with Gasteiger partial charge in [-0.3, -0.25) is 4.79 Å². The predicted octanol–water partition coefficient (Wildman–Crippen LogP) is 3.82. The first-order valence-electron chi connectivity index (χ1n) is 5.61. The number of halogens is 3. The van der Waals surface area contributed by atoms with Crippen molar-refractivity contribution < 1.29 is 9.18 Å². The number of nitrogens with one attached hydrogen (secondary N) is 2. The molecule has 0 unspecified atom stereocenters. The number of nitrogens with zero attached hydrogens (tertiary/aromatic N) is 1. The van der Waals surface area contributed by atoms with Crippen molar-refractivity contribution in [1.82, 2.24) is 4.98 Å². The summed E-state index contributed by atoms with van der Waals surface area (Å²) in [6.45, 7) is 0. The van der Waals surface area contributed by atoms with E-state index in [1.54, 1.807) is 0 Å². The van der Waals surface area contributed by atoms with Gasteiger partial charge in [0.1, 0.15) is 0 Å². The molecule has 2 aromatic rings. The lowest BCUT2D eigenvalue weighted by atomic mass is 10.2. The van der Waals surface area contributed by atoms with E-state index in [2.05, 4.69) is 15.6 Å². The summed E-state index contributed by atoms with van der Waals surface area (Å²) < 4.78 is 13.9. The average Bonchev–Trinajstić information content (AvgIpc) is 2.37. The molecule has 0 aliphatic carbocycles. The summed E-state index contributed by atoms with van der Waals surface area (Å²) in [5.74, 6) is -1.33. The number of carbonyl (C=O) groups is 1. The van der Waals surface area contributed by atoms with Crippen molar-refractivity contribution in [1.29, 1.82) is 0 Å². The van der Waals surface area contributed by atoms with Crippen LogP contribution < -0.4 is 10.6 Å². The zero-order valence-electron chi connectivity index (χ0n) is 10.4. The van der Waals surface area contributed by atoms with Crippen LogP contribution in [0.3, 0.4) is 0 Å². The number of rotatable bonds is 3. The smallest absolute Gasteiger partial charge is 0.258 e. The number of hydrogen-bond donors (Lipinski definition) is 2. The van der Waals surface area contributed by atoms with Crippen molar-refractivity contribution in [3.63, 3.8) is 0 Å². The molecule has 0 radical (unpaired) electrons. The second kappa shape index (κ2) is 6.07. The average molecular weight is 314 g/mol. The fourth-order valence-electron chi connectivity index (χ4n) is 1.62. The highest BCUT2D eigenvalue weighted by Crippen LogP contribution is 2.23. The second-order valence-corrected chi connectivity index (χ2v) is 4.76. The first kappa shape index (κ1) is 14.6. The summed E-state index contributed by atoms with van der Waals surface area (Å²) in [5.41, 5.74) is 0.259. The largest absolute Gasteiger partial charge is 0.371 e. The molecule has 1 aromatic carbocycles. The van der Waals surface area contributed by atoms with Crippen molar-refractivity contribution >= 4 is 40.6 Å². The lowest BCUT2D eigenvalue weighted by molar-refractivity contribution is 0.102. The Kier molecular flexibility index (Phi) is 4.42. The van der Waals surface area contributed by atoms with Crippen molar-refractivity contribution in [3.8, 4) is 0 Å². The molecular weight excluding hydrogens is 304 g/mol. The third-order valence-corrected chi connectivity index (χ3v) is 2.93. The van der Waals surface area contributed by atoms with E-state index in [1.165, 1.54) is 37.5 Å². The van der Waals surface area contributed by atoms with Crippen LogP contribution in [0.25, 0.3) is 0 Å². The van der Waals surface area contributed by atoms with Gasteiger partial charge in [-0.25, -0.2) is 9.37 Å². The molecule has 1 amide bonds. The van der Waals surface area contributed by atoms with Gasteiger partial charge in [-0.15, -0.1) is 0 Å². The van der Waals surface area contributed by atoms with Crippen LogP contribution in [0.1, 0.15) is 10.4 Å². The molecule has 0 saturated heterocycles. The third kappa shape index (κ3) is 3.18. The first-order valence-corrected chi connectivity index (χ1v) is 6.36. The fourth-order valence-corrected chi connectivity index (χ4v) is 2.14. The summed E-state index contributed by atoms with van der Waals surface area (Å²) >= 11 is 11.7. The standard InChI is InChI=1S/C13H10Cl2FN3O/c1-17-12-11(16)10(2-3-18-12)13(20)19-9-5-7(14)4-8(15)6-9/h2-6H,1H3,(H,17,18)(H,19,20). The SMILES string of the molecule is CNc1nccc(C(=O)Nc2cc(Cl)cc(Cl)c2)c1F. The minimum atomic E-state index is -0.722. The number of anilines is 2. The van der Waals surface area contributed by atoms with Gasteiger partial charge < -0.3 is 10.6 Å². The molecule has 7 heteroatoms. The van der Waals surface area contributed by atoms with Gasteiger partial charge in [-0.2, -0.15) is 0 Å². The molecule has 0 aliphatic rings. The van der Waals surface area contributed by atoms with E-state index in [9.17, 15) is 9.18 Å². The number of aromatic nitrogens is 1. The molecule has 4 nitrogen and oxygen atoms in total. The Labute approximate surface area is 124 Å².